The molecule has 0 aliphatic rings. The molecule has 0 aliphatic heterocycles. The van der Waals surface area contributed by atoms with Crippen molar-refractivity contribution in [3.63, 3.8) is 0 Å². The second-order valence-electron chi connectivity index (χ2n) is 4.56. The van der Waals surface area contributed by atoms with Gasteiger partial charge in [0.25, 0.3) is 0 Å². The van der Waals surface area contributed by atoms with E-state index in [-0.39, 0.29) is 0 Å². The zero-order chi connectivity index (χ0) is 13.9. The first-order valence-corrected chi connectivity index (χ1v) is 6.85. The van der Waals surface area contributed by atoms with Gasteiger partial charge >= 0.3 is 0 Å². The lowest BCUT2D eigenvalue weighted by atomic mass is 10.1. The Labute approximate surface area is 115 Å². The first kappa shape index (κ1) is 16.0. The van der Waals surface area contributed by atoms with Gasteiger partial charge in [0.05, 0.1) is 6.61 Å². The lowest BCUT2D eigenvalue weighted by Gasteiger charge is -2.13. The van der Waals surface area contributed by atoms with Gasteiger partial charge < -0.3 is 19.9 Å². The number of benzene rings is 1. The molecule has 4 nitrogen and oxygen atoms in total. The highest BCUT2D eigenvalue weighted by Gasteiger charge is 2.04. The van der Waals surface area contributed by atoms with E-state index >= 15 is 0 Å². The van der Waals surface area contributed by atoms with Crippen molar-refractivity contribution >= 4 is 0 Å². The Morgan fingerprint density at radius 2 is 2.00 bits per heavy atom. The van der Waals surface area contributed by atoms with Crippen molar-refractivity contribution in [1.29, 1.82) is 0 Å². The van der Waals surface area contributed by atoms with E-state index in [0.29, 0.717) is 19.8 Å². The van der Waals surface area contributed by atoms with Crippen molar-refractivity contribution in [2.45, 2.75) is 25.9 Å². The smallest absolute Gasteiger partial charge is 0.119 e. The summed E-state index contributed by atoms with van der Waals surface area (Å²) in [5.41, 5.74) is 1.32. The van der Waals surface area contributed by atoms with E-state index in [1.54, 1.807) is 7.11 Å². The normalized spacial score (nSPS) is 12.4. The van der Waals surface area contributed by atoms with Gasteiger partial charge in [-0.3, -0.25) is 0 Å². The Hall–Kier alpha value is -1.10. The van der Waals surface area contributed by atoms with Crippen molar-refractivity contribution in [3.05, 3.63) is 29.8 Å². The van der Waals surface area contributed by atoms with Crippen molar-refractivity contribution < 1.29 is 14.6 Å². The molecule has 0 radical (unpaired) electrons. The molecular formula is C15H25NO3. The van der Waals surface area contributed by atoms with E-state index in [1.807, 2.05) is 12.1 Å². The highest BCUT2D eigenvalue weighted by atomic mass is 16.5. The molecule has 2 N–H and O–H groups in total. The Kier molecular flexibility index (Phi) is 8.21. The van der Waals surface area contributed by atoms with E-state index < -0.39 is 6.10 Å². The van der Waals surface area contributed by atoms with Crippen LogP contribution in [0.15, 0.2) is 24.3 Å². The van der Waals surface area contributed by atoms with Gasteiger partial charge in [-0.05, 0) is 24.1 Å². The van der Waals surface area contributed by atoms with Crippen molar-refractivity contribution in [1.82, 2.24) is 5.32 Å². The van der Waals surface area contributed by atoms with Crippen molar-refractivity contribution in [3.8, 4) is 5.75 Å². The topological polar surface area (TPSA) is 50.7 Å². The van der Waals surface area contributed by atoms with Crippen LogP contribution in [-0.2, 0) is 11.2 Å². The average Bonchev–Trinajstić information content (AvgIpc) is 2.43. The maximum absolute atomic E-state index is 9.72. The van der Waals surface area contributed by atoms with Gasteiger partial charge in [-0.25, -0.2) is 0 Å². The second kappa shape index (κ2) is 9.78. The number of nitrogens with one attached hydrogen (secondary N) is 1. The Morgan fingerprint density at radius 3 is 2.63 bits per heavy atom. The highest BCUT2D eigenvalue weighted by Crippen LogP contribution is 2.13. The van der Waals surface area contributed by atoms with E-state index in [9.17, 15) is 5.11 Å². The van der Waals surface area contributed by atoms with Gasteiger partial charge in [0, 0.05) is 20.2 Å². The summed E-state index contributed by atoms with van der Waals surface area (Å²) in [6.07, 6.45) is 1.73. The third-order valence-electron chi connectivity index (χ3n) is 2.77. The minimum Gasteiger partial charge on any atom is -0.491 e. The van der Waals surface area contributed by atoms with Crippen molar-refractivity contribution in [2.24, 2.45) is 0 Å². The monoisotopic (exact) mass is 267 g/mol. The molecular weight excluding hydrogens is 242 g/mol. The summed E-state index contributed by atoms with van der Waals surface area (Å²) in [5, 5.41) is 12.8. The summed E-state index contributed by atoms with van der Waals surface area (Å²) in [7, 11) is 1.66. The molecule has 1 aromatic carbocycles. The predicted molar refractivity (Wildman–Crippen MR) is 76.7 cm³/mol. The number of aliphatic hydroxyl groups is 1. The van der Waals surface area contributed by atoms with Crippen LogP contribution >= 0.6 is 0 Å². The number of hydrogen-bond acceptors (Lipinski definition) is 4. The minimum absolute atomic E-state index is 0.299. The molecule has 19 heavy (non-hydrogen) atoms. The maximum atomic E-state index is 9.72. The lowest BCUT2D eigenvalue weighted by molar-refractivity contribution is 0.103. The molecule has 1 rings (SSSR count). The first-order valence-electron chi connectivity index (χ1n) is 6.85. The van der Waals surface area contributed by atoms with Gasteiger partial charge in [0.2, 0.25) is 0 Å². The largest absolute Gasteiger partial charge is 0.491 e. The van der Waals surface area contributed by atoms with Crippen LogP contribution in [-0.4, -0.2) is 44.6 Å². The summed E-state index contributed by atoms with van der Waals surface area (Å²) in [6, 6.07) is 8.05. The number of ether oxygens (including phenoxy) is 2. The molecule has 1 aromatic rings. The van der Waals surface area contributed by atoms with E-state index in [4.69, 9.17) is 9.47 Å². The van der Waals surface area contributed by atoms with Crippen LogP contribution in [0.5, 0.6) is 5.75 Å². The standard InChI is InChI=1S/C15H25NO3/c1-3-4-13-5-7-15(8-6-13)19-12-14(17)11-16-9-10-18-2/h5-8,14,16-17H,3-4,9-12H2,1-2H3. The van der Waals surface area contributed by atoms with Crippen LogP contribution in [0.1, 0.15) is 18.9 Å². The highest BCUT2D eigenvalue weighted by molar-refractivity contribution is 5.27. The van der Waals surface area contributed by atoms with Gasteiger partial charge in [-0.1, -0.05) is 25.5 Å². The van der Waals surface area contributed by atoms with E-state index in [0.717, 1.165) is 25.1 Å². The number of hydrogen-bond donors (Lipinski definition) is 2. The summed E-state index contributed by atoms with van der Waals surface area (Å²) >= 11 is 0. The van der Waals surface area contributed by atoms with Crippen LogP contribution < -0.4 is 10.1 Å². The van der Waals surface area contributed by atoms with Crippen LogP contribution in [0, 0.1) is 0 Å². The number of aliphatic hydroxyl groups excluding tert-OH is 1. The maximum Gasteiger partial charge on any atom is 0.119 e. The molecule has 0 amide bonds. The van der Waals surface area contributed by atoms with E-state index in [2.05, 4.69) is 24.4 Å². The van der Waals surface area contributed by atoms with Crippen molar-refractivity contribution in [2.75, 3.05) is 33.4 Å². The summed E-state index contributed by atoms with van der Waals surface area (Å²) in [5.74, 6) is 0.802. The number of methoxy groups -OCH3 is 1. The SMILES string of the molecule is CCCc1ccc(OCC(O)CNCCOC)cc1. The molecule has 1 unspecified atom stereocenters. The lowest BCUT2D eigenvalue weighted by Crippen LogP contribution is -2.33. The molecule has 0 aromatic heterocycles. The molecule has 0 spiro atoms. The Bertz CT molecular complexity index is 327. The third-order valence-corrected chi connectivity index (χ3v) is 2.77. The molecule has 108 valence electrons. The summed E-state index contributed by atoms with van der Waals surface area (Å²) in [6.45, 7) is 4.35. The fourth-order valence-corrected chi connectivity index (χ4v) is 1.74. The molecule has 1 atom stereocenters. The minimum atomic E-state index is -0.507. The fourth-order valence-electron chi connectivity index (χ4n) is 1.74. The Balaban J connectivity index is 2.20. The molecule has 0 fully saturated rings. The van der Waals surface area contributed by atoms with Crippen LogP contribution in [0.25, 0.3) is 0 Å². The van der Waals surface area contributed by atoms with Crippen LogP contribution in [0.3, 0.4) is 0 Å². The molecule has 0 saturated carbocycles. The van der Waals surface area contributed by atoms with Gasteiger partial charge in [0.1, 0.15) is 18.5 Å². The van der Waals surface area contributed by atoms with Gasteiger partial charge in [0.15, 0.2) is 0 Å². The second-order valence-corrected chi connectivity index (χ2v) is 4.56. The average molecular weight is 267 g/mol. The van der Waals surface area contributed by atoms with Gasteiger partial charge in [-0.15, -0.1) is 0 Å². The third kappa shape index (κ3) is 7.15. The fraction of sp³-hybridized carbons (Fsp3) is 0.600. The number of rotatable bonds is 10. The molecule has 0 saturated heterocycles. The zero-order valence-electron chi connectivity index (χ0n) is 11.9. The predicted octanol–water partition coefficient (Wildman–Crippen LogP) is 1.61. The van der Waals surface area contributed by atoms with Gasteiger partial charge in [-0.2, -0.15) is 0 Å². The number of aryl methyl sites for hydroxylation is 1. The molecule has 0 aliphatic carbocycles. The summed E-state index contributed by atoms with van der Waals surface area (Å²) < 4.78 is 10.4. The quantitative estimate of drug-likeness (QED) is 0.632. The molecule has 0 heterocycles. The van der Waals surface area contributed by atoms with Crippen LogP contribution in [0.2, 0.25) is 0 Å². The summed E-state index contributed by atoms with van der Waals surface area (Å²) in [4.78, 5) is 0. The first-order chi connectivity index (χ1) is 9.26. The molecule has 4 heteroatoms. The Morgan fingerprint density at radius 1 is 1.26 bits per heavy atom. The zero-order valence-corrected chi connectivity index (χ0v) is 11.9. The van der Waals surface area contributed by atoms with Crippen LogP contribution in [0.4, 0.5) is 0 Å². The van der Waals surface area contributed by atoms with E-state index in [1.165, 1.54) is 5.56 Å². The molecule has 0 bridgehead atoms.